The summed E-state index contributed by atoms with van der Waals surface area (Å²) in [6.07, 6.45) is 6.20. The first kappa shape index (κ1) is 9.74. The molecule has 1 aliphatic carbocycles. The Balaban J connectivity index is 1.64. The molecule has 2 atom stereocenters. The highest BCUT2D eigenvalue weighted by atomic mass is 16.3. The van der Waals surface area contributed by atoms with Gasteiger partial charge >= 0.3 is 0 Å². The molecular weight excluding hydrogens is 176 g/mol. The van der Waals surface area contributed by atoms with Crippen LogP contribution < -0.4 is 11.1 Å². The molecule has 0 radical (unpaired) electrons. The lowest BCUT2D eigenvalue weighted by Gasteiger charge is -2.10. The first-order valence-electron chi connectivity index (χ1n) is 5.36. The first-order chi connectivity index (χ1) is 6.84. The van der Waals surface area contributed by atoms with Crippen molar-refractivity contribution in [1.29, 1.82) is 0 Å². The van der Waals surface area contributed by atoms with Gasteiger partial charge in [-0.15, -0.1) is 0 Å². The van der Waals surface area contributed by atoms with Crippen molar-refractivity contribution < 1.29 is 4.42 Å². The molecule has 0 bridgehead atoms. The molecule has 0 aliphatic heterocycles. The third-order valence-electron chi connectivity index (χ3n) is 2.86. The molecule has 0 saturated heterocycles. The van der Waals surface area contributed by atoms with Gasteiger partial charge in [0.2, 0.25) is 0 Å². The highest BCUT2D eigenvalue weighted by molar-refractivity contribution is 4.98. The van der Waals surface area contributed by atoms with Crippen molar-refractivity contribution >= 4 is 0 Å². The molecule has 0 aromatic carbocycles. The van der Waals surface area contributed by atoms with Crippen LogP contribution in [0.15, 0.2) is 22.8 Å². The van der Waals surface area contributed by atoms with Crippen LogP contribution in [0.3, 0.4) is 0 Å². The summed E-state index contributed by atoms with van der Waals surface area (Å²) in [5.74, 6) is 1.06. The summed E-state index contributed by atoms with van der Waals surface area (Å²) in [5.41, 5.74) is 5.83. The van der Waals surface area contributed by atoms with Crippen molar-refractivity contribution in [3.8, 4) is 0 Å². The van der Waals surface area contributed by atoms with Crippen LogP contribution in [-0.4, -0.2) is 18.6 Å². The number of hydrogen-bond acceptors (Lipinski definition) is 3. The lowest BCUT2D eigenvalue weighted by molar-refractivity contribution is 0.472. The minimum Gasteiger partial charge on any atom is -0.469 e. The number of hydrogen-bond donors (Lipinski definition) is 2. The van der Waals surface area contributed by atoms with Gasteiger partial charge < -0.3 is 15.5 Å². The Morgan fingerprint density at radius 2 is 2.43 bits per heavy atom. The zero-order chi connectivity index (χ0) is 9.80. The fraction of sp³-hybridized carbons (Fsp3) is 0.636. The van der Waals surface area contributed by atoms with E-state index < -0.39 is 0 Å². The Morgan fingerprint density at radius 1 is 1.50 bits per heavy atom. The molecule has 1 aromatic heterocycles. The van der Waals surface area contributed by atoms with Crippen LogP contribution in [0.1, 0.15) is 25.0 Å². The fourth-order valence-electron chi connectivity index (χ4n) is 2.06. The standard InChI is InChI=1S/C11H18N2O/c12-9-3-4-10(8-9)13-6-5-11-2-1-7-14-11/h1-2,7,9-10,13H,3-6,8,12H2. The van der Waals surface area contributed by atoms with Crippen LogP contribution >= 0.6 is 0 Å². The van der Waals surface area contributed by atoms with Crippen LogP contribution in [0.25, 0.3) is 0 Å². The Bertz CT molecular complexity index is 258. The second-order valence-corrected chi connectivity index (χ2v) is 4.05. The van der Waals surface area contributed by atoms with Gasteiger partial charge in [0.15, 0.2) is 0 Å². The maximum atomic E-state index is 5.83. The summed E-state index contributed by atoms with van der Waals surface area (Å²) in [7, 11) is 0. The van der Waals surface area contributed by atoms with E-state index in [1.54, 1.807) is 6.26 Å². The second-order valence-electron chi connectivity index (χ2n) is 4.05. The number of furan rings is 1. The van der Waals surface area contributed by atoms with Gasteiger partial charge in [-0.05, 0) is 31.4 Å². The zero-order valence-electron chi connectivity index (χ0n) is 8.41. The quantitative estimate of drug-likeness (QED) is 0.759. The van der Waals surface area contributed by atoms with E-state index in [9.17, 15) is 0 Å². The highest BCUT2D eigenvalue weighted by Gasteiger charge is 2.20. The molecular formula is C11H18N2O. The smallest absolute Gasteiger partial charge is 0.105 e. The lowest BCUT2D eigenvalue weighted by Crippen LogP contribution is -2.30. The fourth-order valence-corrected chi connectivity index (χ4v) is 2.06. The van der Waals surface area contributed by atoms with E-state index in [0.717, 1.165) is 25.1 Å². The monoisotopic (exact) mass is 194 g/mol. The van der Waals surface area contributed by atoms with Crippen molar-refractivity contribution in [1.82, 2.24) is 5.32 Å². The van der Waals surface area contributed by atoms with Crippen molar-refractivity contribution in [2.75, 3.05) is 6.54 Å². The molecule has 3 N–H and O–H groups in total. The SMILES string of the molecule is NC1CCC(NCCc2ccco2)C1. The lowest BCUT2D eigenvalue weighted by atomic mass is 10.2. The van der Waals surface area contributed by atoms with Crippen LogP contribution in [0.4, 0.5) is 0 Å². The van der Waals surface area contributed by atoms with Crippen molar-refractivity contribution in [2.24, 2.45) is 5.73 Å². The molecule has 78 valence electrons. The van der Waals surface area contributed by atoms with Gasteiger partial charge in [-0.2, -0.15) is 0 Å². The van der Waals surface area contributed by atoms with E-state index in [4.69, 9.17) is 10.2 Å². The molecule has 1 saturated carbocycles. The predicted molar refractivity (Wildman–Crippen MR) is 56.0 cm³/mol. The van der Waals surface area contributed by atoms with Crippen LogP contribution in [0, 0.1) is 0 Å². The van der Waals surface area contributed by atoms with E-state index in [2.05, 4.69) is 5.32 Å². The van der Waals surface area contributed by atoms with Gasteiger partial charge in [-0.1, -0.05) is 0 Å². The second kappa shape index (κ2) is 4.62. The van der Waals surface area contributed by atoms with Crippen LogP contribution in [0.2, 0.25) is 0 Å². The van der Waals surface area contributed by atoms with Gasteiger partial charge in [-0.25, -0.2) is 0 Å². The predicted octanol–water partition coefficient (Wildman–Crippen LogP) is 1.29. The maximum absolute atomic E-state index is 5.83. The van der Waals surface area contributed by atoms with E-state index in [0.29, 0.717) is 12.1 Å². The molecule has 1 aromatic rings. The largest absolute Gasteiger partial charge is 0.469 e. The van der Waals surface area contributed by atoms with Gasteiger partial charge in [0.05, 0.1) is 6.26 Å². The molecule has 3 nitrogen and oxygen atoms in total. The molecule has 2 unspecified atom stereocenters. The third-order valence-corrected chi connectivity index (χ3v) is 2.86. The van der Waals surface area contributed by atoms with Crippen molar-refractivity contribution in [3.05, 3.63) is 24.2 Å². The van der Waals surface area contributed by atoms with E-state index in [1.807, 2.05) is 12.1 Å². The summed E-state index contributed by atoms with van der Waals surface area (Å²) in [6.45, 7) is 0.991. The van der Waals surface area contributed by atoms with E-state index in [-0.39, 0.29) is 0 Å². The van der Waals surface area contributed by atoms with E-state index in [1.165, 1.54) is 12.8 Å². The number of nitrogens with two attached hydrogens (primary N) is 1. The molecule has 0 spiro atoms. The first-order valence-corrected chi connectivity index (χ1v) is 5.36. The van der Waals surface area contributed by atoms with Crippen LogP contribution in [-0.2, 0) is 6.42 Å². The Labute approximate surface area is 84.7 Å². The van der Waals surface area contributed by atoms with Gasteiger partial charge in [0.1, 0.15) is 5.76 Å². The van der Waals surface area contributed by atoms with Gasteiger partial charge in [0, 0.05) is 25.0 Å². The minimum atomic E-state index is 0.413. The Kier molecular flexibility index (Phi) is 3.22. The minimum absolute atomic E-state index is 0.413. The molecule has 14 heavy (non-hydrogen) atoms. The maximum Gasteiger partial charge on any atom is 0.105 e. The Hall–Kier alpha value is -0.800. The number of rotatable bonds is 4. The molecule has 0 amide bonds. The zero-order valence-corrected chi connectivity index (χ0v) is 8.41. The van der Waals surface area contributed by atoms with Crippen molar-refractivity contribution in [2.45, 2.75) is 37.8 Å². The summed E-state index contributed by atoms with van der Waals surface area (Å²) < 4.78 is 5.25. The average Bonchev–Trinajstić information content (AvgIpc) is 2.77. The van der Waals surface area contributed by atoms with Crippen molar-refractivity contribution in [3.63, 3.8) is 0 Å². The van der Waals surface area contributed by atoms with Gasteiger partial charge in [-0.3, -0.25) is 0 Å². The summed E-state index contributed by atoms with van der Waals surface area (Å²) >= 11 is 0. The third kappa shape index (κ3) is 2.59. The topological polar surface area (TPSA) is 51.2 Å². The molecule has 1 aliphatic rings. The summed E-state index contributed by atoms with van der Waals surface area (Å²) in [5, 5.41) is 3.51. The van der Waals surface area contributed by atoms with Gasteiger partial charge in [0.25, 0.3) is 0 Å². The Morgan fingerprint density at radius 3 is 3.07 bits per heavy atom. The average molecular weight is 194 g/mol. The molecule has 3 heteroatoms. The van der Waals surface area contributed by atoms with Crippen LogP contribution in [0.5, 0.6) is 0 Å². The number of nitrogens with one attached hydrogen (secondary N) is 1. The summed E-state index contributed by atoms with van der Waals surface area (Å²) in [4.78, 5) is 0. The van der Waals surface area contributed by atoms with E-state index >= 15 is 0 Å². The highest BCUT2D eigenvalue weighted by Crippen LogP contribution is 2.16. The summed E-state index contributed by atoms with van der Waals surface area (Å²) in [6, 6.07) is 4.99. The normalized spacial score (nSPS) is 26.9. The molecule has 1 heterocycles. The molecule has 2 rings (SSSR count). The molecule has 1 fully saturated rings.